The number of nitrogens with one attached hydrogen (secondary N) is 1. The van der Waals surface area contributed by atoms with Crippen molar-refractivity contribution in [3.63, 3.8) is 0 Å². The van der Waals surface area contributed by atoms with Crippen LogP contribution in [-0.4, -0.2) is 35.3 Å². The zero-order valence-corrected chi connectivity index (χ0v) is 16.2. The largest absolute Gasteiger partial charge is 0.345 e. The van der Waals surface area contributed by atoms with E-state index in [-0.39, 0.29) is 11.8 Å². The van der Waals surface area contributed by atoms with Gasteiger partial charge < -0.3 is 10.2 Å². The van der Waals surface area contributed by atoms with Gasteiger partial charge in [0.1, 0.15) is 5.41 Å². The lowest BCUT2D eigenvalue weighted by Gasteiger charge is -2.28. The summed E-state index contributed by atoms with van der Waals surface area (Å²) in [5, 5.41) is 2.91. The zero-order valence-electron chi connectivity index (χ0n) is 16.2. The molecule has 1 aromatic heterocycles. The molecule has 138 valence electrons. The number of benzene rings is 1. The van der Waals surface area contributed by atoms with Crippen molar-refractivity contribution in [3.05, 3.63) is 59.4 Å². The number of carbonyl (C=O) groups excluding carboxylic acids is 2. The highest BCUT2D eigenvalue weighted by atomic mass is 16.2. The smallest absolute Gasteiger partial charge is 0.239 e. The minimum Gasteiger partial charge on any atom is -0.345 e. The normalized spacial score (nSPS) is 11.1. The topological polar surface area (TPSA) is 62.3 Å². The number of pyridine rings is 1. The molecule has 2 rings (SSSR count). The van der Waals surface area contributed by atoms with E-state index in [2.05, 4.69) is 10.3 Å². The van der Waals surface area contributed by atoms with Gasteiger partial charge in [0.2, 0.25) is 11.8 Å². The summed E-state index contributed by atoms with van der Waals surface area (Å²) < 4.78 is 0. The van der Waals surface area contributed by atoms with Crippen molar-refractivity contribution in [1.29, 1.82) is 0 Å². The number of aryl methyl sites for hydroxylation is 2. The molecule has 0 aliphatic rings. The molecule has 0 aliphatic heterocycles. The number of hydrogen-bond donors (Lipinski definition) is 1. The van der Waals surface area contributed by atoms with E-state index >= 15 is 0 Å². The standard InChI is InChI=1S/C21H27N3O2/c1-15-6-7-16(2)18(14-15)23-19(25)21(3,4)20(26)24(5)13-10-17-8-11-22-12-9-17/h6-9,11-12,14H,10,13H2,1-5H3,(H,23,25). The summed E-state index contributed by atoms with van der Waals surface area (Å²) >= 11 is 0. The number of aromatic nitrogens is 1. The van der Waals surface area contributed by atoms with E-state index in [4.69, 9.17) is 0 Å². The lowest BCUT2D eigenvalue weighted by atomic mass is 9.90. The fraction of sp³-hybridized carbons (Fsp3) is 0.381. The fourth-order valence-electron chi connectivity index (χ4n) is 2.67. The molecule has 26 heavy (non-hydrogen) atoms. The molecule has 2 aromatic rings. The van der Waals surface area contributed by atoms with Crippen molar-refractivity contribution in [2.24, 2.45) is 5.41 Å². The Labute approximate surface area is 155 Å². The van der Waals surface area contributed by atoms with E-state index in [0.717, 1.165) is 28.8 Å². The summed E-state index contributed by atoms with van der Waals surface area (Å²) in [6.45, 7) is 7.78. The Kier molecular flexibility index (Phi) is 6.14. The average molecular weight is 353 g/mol. The minimum absolute atomic E-state index is 0.200. The number of nitrogens with zero attached hydrogens (tertiary/aromatic N) is 2. The SMILES string of the molecule is Cc1ccc(C)c(NC(=O)C(C)(C)C(=O)N(C)CCc2ccncc2)c1. The molecule has 0 bridgehead atoms. The van der Waals surface area contributed by atoms with Gasteiger partial charge in [-0.25, -0.2) is 0 Å². The molecule has 0 aliphatic carbocycles. The second-order valence-corrected chi connectivity index (χ2v) is 7.23. The van der Waals surface area contributed by atoms with Gasteiger partial charge in [-0.05, 0) is 69.0 Å². The van der Waals surface area contributed by atoms with Gasteiger partial charge in [0.15, 0.2) is 0 Å². The highest BCUT2D eigenvalue weighted by Crippen LogP contribution is 2.24. The highest BCUT2D eigenvalue weighted by Gasteiger charge is 2.38. The van der Waals surface area contributed by atoms with E-state index < -0.39 is 5.41 Å². The van der Waals surface area contributed by atoms with Crippen molar-refractivity contribution in [1.82, 2.24) is 9.88 Å². The zero-order chi connectivity index (χ0) is 19.3. The molecular formula is C21H27N3O2. The number of hydrogen-bond acceptors (Lipinski definition) is 3. The van der Waals surface area contributed by atoms with Crippen LogP contribution in [0, 0.1) is 19.3 Å². The van der Waals surface area contributed by atoms with E-state index in [1.165, 1.54) is 0 Å². The van der Waals surface area contributed by atoms with Crippen LogP contribution >= 0.6 is 0 Å². The quantitative estimate of drug-likeness (QED) is 0.810. The van der Waals surface area contributed by atoms with Crippen molar-refractivity contribution in [2.75, 3.05) is 18.9 Å². The monoisotopic (exact) mass is 353 g/mol. The molecule has 0 spiro atoms. The molecule has 0 atom stereocenters. The Hall–Kier alpha value is -2.69. The van der Waals surface area contributed by atoms with Gasteiger partial charge in [0.05, 0.1) is 0 Å². The second-order valence-electron chi connectivity index (χ2n) is 7.23. The first kappa shape index (κ1) is 19.6. The van der Waals surface area contributed by atoms with Crippen LogP contribution in [0.2, 0.25) is 0 Å². The van der Waals surface area contributed by atoms with E-state index in [1.54, 1.807) is 38.2 Å². The number of likely N-dealkylation sites (N-methyl/N-ethyl adjacent to an activating group) is 1. The number of amides is 2. The maximum atomic E-state index is 12.8. The van der Waals surface area contributed by atoms with Crippen LogP contribution in [0.25, 0.3) is 0 Å². The number of carbonyl (C=O) groups is 2. The Morgan fingerprint density at radius 3 is 2.42 bits per heavy atom. The van der Waals surface area contributed by atoms with E-state index in [9.17, 15) is 9.59 Å². The van der Waals surface area contributed by atoms with E-state index in [0.29, 0.717) is 6.54 Å². The number of rotatable bonds is 6. The summed E-state index contributed by atoms with van der Waals surface area (Å²) in [6.07, 6.45) is 4.19. The predicted octanol–water partition coefficient (Wildman–Crippen LogP) is 3.36. The van der Waals surface area contributed by atoms with Crippen molar-refractivity contribution >= 4 is 17.5 Å². The first-order valence-electron chi connectivity index (χ1n) is 8.75. The van der Waals surface area contributed by atoms with Gasteiger partial charge in [-0.2, -0.15) is 0 Å². The molecule has 0 fully saturated rings. The molecule has 1 N–H and O–H groups in total. The molecule has 1 aromatic carbocycles. The summed E-state index contributed by atoms with van der Waals surface area (Å²) in [5.74, 6) is -0.499. The third kappa shape index (κ3) is 4.69. The third-order valence-electron chi connectivity index (χ3n) is 4.58. The summed E-state index contributed by atoms with van der Waals surface area (Å²) in [6, 6.07) is 9.73. The van der Waals surface area contributed by atoms with Gasteiger partial charge in [-0.3, -0.25) is 14.6 Å². The van der Waals surface area contributed by atoms with Gasteiger partial charge in [0.25, 0.3) is 0 Å². The lowest BCUT2D eigenvalue weighted by Crippen LogP contribution is -2.46. The third-order valence-corrected chi connectivity index (χ3v) is 4.58. The van der Waals surface area contributed by atoms with Gasteiger partial charge in [-0.1, -0.05) is 12.1 Å². The first-order valence-corrected chi connectivity index (χ1v) is 8.75. The van der Waals surface area contributed by atoms with Gasteiger partial charge >= 0.3 is 0 Å². The van der Waals surface area contributed by atoms with Crippen LogP contribution in [0.1, 0.15) is 30.5 Å². The highest BCUT2D eigenvalue weighted by molar-refractivity contribution is 6.10. The molecule has 1 heterocycles. The van der Waals surface area contributed by atoms with Crippen molar-refractivity contribution in [3.8, 4) is 0 Å². The second kappa shape index (κ2) is 8.13. The Morgan fingerprint density at radius 1 is 1.12 bits per heavy atom. The molecule has 5 heteroatoms. The summed E-state index contributed by atoms with van der Waals surface area (Å²) in [4.78, 5) is 31.2. The van der Waals surface area contributed by atoms with Crippen LogP contribution < -0.4 is 5.32 Å². The maximum Gasteiger partial charge on any atom is 0.239 e. The van der Waals surface area contributed by atoms with Crippen LogP contribution in [0.15, 0.2) is 42.7 Å². The van der Waals surface area contributed by atoms with Crippen LogP contribution in [0.4, 0.5) is 5.69 Å². The van der Waals surface area contributed by atoms with Crippen LogP contribution in [0.5, 0.6) is 0 Å². The van der Waals surface area contributed by atoms with Crippen LogP contribution in [-0.2, 0) is 16.0 Å². The van der Waals surface area contributed by atoms with Crippen molar-refractivity contribution < 1.29 is 9.59 Å². The molecule has 0 radical (unpaired) electrons. The molecular weight excluding hydrogens is 326 g/mol. The molecule has 0 unspecified atom stereocenters. The molecule has 0 saturated carbocycles. The Morgan fingerprint density at radius 2 is 1.77 bits per heavy atom. The molecule has 0 saturated heterocycles. The van der Waals surface area contributed by atoms with E-state index in [1.807, 2.05) is 44.2 Å². The minimum atomic E-state index is -1.15. The van der Waals surface area contributed by atoms with Crippen LogP contribution in [0.3, 0.4) is 0 Å². The Balaban J connectivity index is 2.03. The van der Waals surface area contributed by atoms with Gasteiger partial charge in [0, 0.05) is 31.7 Å². The Bertz CT molecular complexity index is 785. The first-order chi connectivity index (χ1) is 12.2. The molecule has 5 nitrogen and oxygen atoms in total. The lowest BCUT2D eigenvalue weighted by molar-refractivity contribution is -0.145. The average Bonchev–Trinajstić information content (AvgIpc) is 2.62. The predicted molar refractivity (Wildman–Crippen MR) is 104 cm³/mol. The fourth-order valence-corrected chi connectivity index (χ4v) is 2.67. The summed E-state index contributed by atoms with van der Waals surface area (Å²) in [5.41, 5.74) is 2.73. The molecule has 2 amide bonds. The van der Waals surface area contributed by atoms with Gasteiger partial charge in [-0.15, -0.1) is 0 Å². The maximum absolute atomic E-state index is 12.8. The number of anilines is 1. The van der Waals surface area contributed by atoms with Crippen molar-refractivity contribution in [2.45, 2.75) is 34.1 Å². The summed E-state index contributed by atoms with van der Waals surface area (Å²) in [7, 11) is 1.73.